The second kappa shape index (κ2) is 5.61. The molecule has 1 aromatic rings. The molecular formula is C6H10P2S3. The van der Waals surface area contributed by atoms with E-state index in [1.54, 1.807) is 11.3 Å². The Morgan fingerprint density at radius 2 is 1.45 bits per heavy atom. The Morgan fingerprint density at radius 3 is 1.55 bits per heavy atom. The Hall–Kier alpha value is 1.00. The molecule has 0 saturated carbocycles. The second-order valence-electron chi connectivity index (χ2n) is 2.22. The first kappa shape index (κ1) is 10.1. The minimum Gasteiger partial charge on any atom is -0.152 e. The quantitative estimate of drug-likeness (QED) is 0.639. The Labute approximate surface area is 82.9 Å². The molecule has 11 heavy (non-hydrogen) atoms. The van der Waals surface area contributed by atoms with Gasteiger partial charge in [0.05, 0.1) is 0 Å². The van der Waals surface area contributed by atoms with Crippen LogP contribution in [0.2, 0.25) is 0 Å². The lowest BCUT2D eigenvalue weighted by Gasteiger charge is -2.15. The van der Waals surface area contributed by atoms with Gasteiger partial charge in [0.15, 0.2) is 0 Å². The fourth-order valence-corrected chi connectivity index (χ4v) is 12.1. The van der Waals surface area contributed by atoms with Crippen molar-refractivity contribution in [3.63, 3.8) is 0 Å². The fraction of sp³-hybridized carbons (Fsp3) is 0.333. The third-order valence-electron chi connectivity index (χ3n) is 1.21. The first-order valence-electron chi connectivity index (χ1n) is 3.29. The maximum absolute atomic E-state index is 5.00. The Kier molecular flexibility index (Phi) is 5.14. The zero-order valence-electron chi connectivity index (χ0n) is 5.95. The van der Waals surface area contributed by atoms with Gasteiger partial charge in [-0.25, -0.2) is 0 Å². The lowest BCUT2D eigenvalue weighted by atomic mass is 10.7. The first-order chi connectivity index (χ1) is 5.29. The molecule has 0 bridgehead atoms. The molecule has 0 spiro atoms. The number of hydrogen-bond acceptors (Lipinski definition) is 3. The highest BCUT2D eigenvalue weighted by Gasteiger charge is 2.10. The van der Waals surface area contributed by atoms with Crippen LogP contribution in [0.5, 0.6) is 0 Å². The largest absolute Gasteiger partial charge is 0.152 e. The number of thiophene rings is 1. The number of rotatable bonds is 0. The lowest BCUT2D eigenvalue weighted by molar-refractivity contribution is 1.94. The van der Waals surface area contributed by atoms with Crippen molar-refractivity contribution >= 4 is 48.3 Å². The zero-order chi connectivity index (χ0) is 8.10. The van der Waals surface area contributed by atoms with Crippen LogP contribution in [0.25, 0.3) is 0 Å². The maximum Gasteiger partial charge on any atom is 0.00170 e. The van der Waals surface area contributed by atoms with E-state index in [9.17, 15) is 0 Å². The van der Waals surface area contributed by atoms with Crippen LogP contribution in [0.4, 0.5) is 0 Å². The Bertz CT molecular complexity index is 203. The molecule has 2 heterocycles. The molecule has 0 nitrogen and oxygen atoms in total. The van der Waals surface area contributed by atoms with Crippen LogP contribution in [0, 0.1) is 0 Å². The smallest absolute Gasteiger partial charge is 0.00170 e. The van der Waals surface area contributed by atoms with Crippen LogP contribution in [0.15, 0.2) is 22.9 Å². The van der Waals surface area contributed by atoms with Gasteiger partial charge in [-0.15, -0.1) is 23.6 Å². The van der Waals surface area contributed by atoms with E-state index in [0.29, 0.717) is 0 Å². The molecular weight excluding hydrogens is 230 g/mol. The monoisotopic (exact) mass is 240 g/mol. The van der Waals surface area contributed by atoms with Crippen molar-refractivity contribution in [2.24, 2.45) is 0 Å². The standard InChI is InChI=1S/C4H4S.C2H6P2S2/c1-2-4-5-3-1;5-3-1-4(6)2-3/h1-4H;3-4H,1-2H2. The van der Waals surface area contributed by atoms with Crippen molar-refractivity contribution in [3.8, 4) is 0 Å². The minimum absolute atomic E-state index is 0.218. The van der Waals surface area contributed by atoms with Gasteiger partial charge in [0.25, 0.3) is 0 Å². The summed E-state index contributed by atoms with van der Waals surface area (Å²) in [5.74, 6) is 2.61. The van der Waals surface area contributed by atoms with E-state index in [0.717, 1.165) is 0 Å². The van der Waals surface area contributed by atoms with Crippen molar-refractivity contribution in [1.82, 2.24) is 0 Å². The van der Waals surface area contributed by atoms with Crippen molar-refractivity contribution in [1.29, 1.82) is 0 Å². The van der Waals surface area contributed by atoms with Crippen LogP contribution in [0.3, 0.4) is 0 Å². The van der Waals surface area contributed by atoms with Gasteiger partial charge in [0, 0.05) is 11.8 Å². The van der Waals surface area contributed by atoms with Gasteiger partial charge in [0.2, 0.25) is 0 Å². The summed E-state index contributed by atoms with van der Waals surface area (Å²) < 4.78 is 0. The molecule has 0 aliphatic carbocycles. The number of hydrogen-bond donors (Lipinski definition) is 0. The second-order valence-corrected chi connectivity index (χ2v) is 11.5. The molecule has 5 heteroatoms. The molecule has 62 valence electrons. The lowest BCUT2D eigenvalue weighted by Crippen LogP contribution is -1.84. The van der Waals surface area contributed by atoms with Gasteiger partial charge in [-0.1, -0.05) is 12.1 Å². The summed E-state index contributed by atoms with van der Waals surface area (Å²) >= 11 is 11.7. The molecule has 0 atom stereocenters. The molecule has 1 aliphatic heterocycles. The van der Waals surface area contributed by atoms with Crippen molar-refractivity contribution in [3.05, 3.63) is 22.9 Å². The van der Waals surface area contributed by atoms with Crippen LogP contribution in [0.1, 0.15) is 0 Å². The molecule has 0 N–H and O–H groups in total. The summed E-state index contributed by atoms with van der Waals surface area (Å²) in [7, 11) is 0. The van der Waals surface area contributed by atoms with Crippen LogP contribution in [-0.2, 0) is 23.6 Å². The van der Waals surface area contributed by atoms with Gasteiger partial charge in [-0.3, -0.25) is 0 Å². The Balaban J connectivity index is 0.000000112. The Morgan fingerprint density at radius 1 is 1.00 bits per heavy atom. The van der Waals surface area contributed by atoms with Gasteiger partial charge in [-0.05, 0) is 24.2 Å². The van der Waals surface area contributed by atoms with E-state index >= 15 is 0 Å². The molecule has 0 radical (unpaired) electrons. The molecule has 0 amide bonds. The van der Waals surface area contributed by atoms with Crippen LogP contribution >= 0.6 is 24.7 Å². The topological polar surface area (TPSA) is 0 Å². The van der Waals surface area contributed by atoms with Crippen molar-refractivity contribution < 1.29 is 0 Å². The molecule has 0 aromatic carbocycles. The molecule has 1 aliphatic rings. The average Bonchev–Trinajstić information content (AvgIpc) is 2.39. The highest BCUT2D eigenvalue weighted by atomic mass is 32.5. The van der Waals surface area contributed by atoms with E-state index < -0.39 is 0 Å². The van der Waals surface area contributed by atoms with Crippen molar-refractivity contribution in [2.45, 2.75) is 0 Å². The molecule has 1 saturated heterocycles. The van der Waals surface area contributed by atoms with Crippen LogP contribution < -0.4 is 0 Å². The predicted octanol–water partition coefficient (Wildman–Crippen LogP) is 3.02. The van der Waals surface area contributed by atoms with E-state index in [4.69, 9.17) is 23.6 Å². The van der Waals surface area contributed by atoms with E-state index in [-0.39, 0.29) is 13.4 Å². The van der Waals surface area contributed by atoms with Gasteiger partial charge in [0.1, 0.15) is 0 Å². The molecule has 2 rings (SSSR count). The van der Waals surface area contributed by atoms with Crippen molar-refractivity contribution in [2.75, 3.05) is 11.8 Å². The summed E-state index contributed by atoms with van der Waals surface area (Å²) in [4.78, 5) is 0. The predicted molar refractivity (Wildman–Crippen MR) is 65.4 cm³/mol. The summed E-state index contributed by atoms with van der Waals surface area (Å²) in [5, 5.41) is 4.08. The normalized spacial score (nSPS) is 28.0. The van der Waals surface area contributed by atoms with Gasteiger partial charge >= 0.3 is 0 Å². The van der Waals surface area contributed by atoms with E-state index in [1.807, 2.05) is 22.9 Å². The molecule has 1 aromatic heterocycles. The van der Waals surface area contributed by atoms with Crippen LogP contribution in [-0.4, -0.2) is 11.8 Å². The fourth-order valence-electron chi connectivity index (χ4n) is 0.615. The SMILES string of the molecule is S=[PH]1C[PH](=S)C1.c1ccsc1. The summed E-state index contributed by atoms with van der Waals surface area (Å²) in [6, 6.07) is 4.04. The molecule has 0 unspecified atom stereocenters. The summed E-state index contributed by atoms with van der Waals surface area (Å²) in [5.41, 5.74) is 0. The minimum atomic E-state index is -0.218. The maximum atomic E-state index is 5.00. The summed E-state index contributed by atoms with van der Waals surface area (Å²) in [6.07, 6.45) is 0. The zero-order valence-corrected chi connectivity index (χ0v) is 10.4. The van der Waals surface area contributed by atoms with Gasteiger partial charge < -0.3 is 0 Å². The highest BCUT2D eigenvalue weighted by Crippen LogP contribution is 2.53. The van der Waals surface area contributed by atoms with E-state index in [2.05, 4.69) is 0 Å². The van der Waals surface area contributed by atoms with E-state index in [1.165, 1.54) is 11.8 Å². The summed E-state index contributed by atoms with van der Waals surface area (Å²) in [6.45, 7) is -0.435. The first-order valence-corrected chi connectivity index (χ1v) is 10.3. The third-order valence-corrected chi connectivity index (χ3v) is 13.3. The van der Waals surface area contributed by atoms with Gasteiger partial charge in [-0.2, -0.15) is 11.3 Å². The molecule has 1 fully saturated rings. The third kappa shape index (κ3) is 4.55. The highest BCUT2D eigenvalue weighted by molar-refractivity contribution is 8.23. The average molecular weight is 240 g/mol.